The van der Waals surface area contributed by atoms with Crippen LogP contribution in [0.5, 0.6) is 17.2 Å². The van der Waals surface area contributed by atoms with Gasteiger partial charge in [0.1, 0.15) is 19.0 Å². The van der Waals surface area contributed by atoms with Crippen molar-refractivity contribution in [3.63, 3.8) is 0 Å². The van der Waals surface area contributed by atoms with Crippen molar-refractivity contribution < 1.29 is 19.0 Å². The molecule has 8 nitrogen and oxygen atoms in total. The van der Waals surface area contributed by atoms with Crippen molar-refractivity contribution in [2.45, 2.75) is 12.1 Å². The molecule has 34 heavy (non-hydrogen) atoms. The molecule has 0 unspecified atom stereocenters. The Bertz CT molecular complexity index is 1270. The van der Waals surface area contributed by atoms with Gasteiger partial charge in [-0.3, -0.25) is 9.36 Å². The normalized spacial score (nSPS) is 12.4. The van der Waals surface area contributed by atoms with Crippen LogP contribution in [0.25, 0.3) is 16.4 Å². The van der Waals surface area contributed by atoms with Gasteiger partial charge in [0.15, 0.2) is 22.5 Å². The van der Waals surface area contributed by atoms with Crippen molar-refractivity contribution in [1.29, 1.82) is 0 Å². The molecule has 0 fully saturated rings. The summed E-state index contributed by atoms with van der Waals surface area (Å²) in [5.41, 5.74) is 1.55. The van der Waals surface area contributed by atoms with E-state index < -0.39 is 0 Å². The van der Waals surface area contributed by atoms with E-state index in [9.17, 15) is 4.79 Å². The number of hydrogen-bond donors (Lipinski definition) is 1. The number of thioether (sulfide) groups is 1. The van der Waals surface area contributed by atoms with Crippen molar-refractivity contribution in [2.24, 2.45) is 0 Å². The molecule has 0 saturated heterocycles. The number of amides is 1. The van der Waals surface area contributed by atoms with Crippen molar-refractivity contribution in [3.05, 3.63) is 60.0 Å². The van der Waals surface area contributed by atoms with Crippen LogP contribution in [-0.4, -0.2) is 46.2 Å². The van der Waals surface area contributed by atoms with Crippen LogP contribution in [0.15, 0.2) is 65.1 Å². The van der Waals surface area contributed by atoms with Gasteiger partial charge in [-0.2, -0.15) is 0 Å². The smallest absolute Gasteiger partial charge is 0.234 e. The fraction of sp³-hybridized carbons (Fsp3) is 0.208. The average molecular weight is 495 g/mol. The van der Waals surface area contributed by atoms with Gasteiger partial charge in [0.2, 0.25) is 5.91 Å². The highest BCUT2D eigenvalue weighted by Gasteiger charge is 2.19. The molecule has 0 radical (unpaired) electrons. The molecule has 0 aliphatic carbocycles. The van der Waals surface area contributed by atoms with Crippen LogP contribution in [0, 0.1) is 0 Å². The number of benzene rings is 2. The van der Waals surface area contributed by atoms with Crippen LogP contribution in [0.1, 0.15) is 6.92 Å². The molecule has 10 heteroatoms. The molecule has 1 amide bonds. The first kappa shape index (κ1) is 22.3. The molecule has 1 aliphatic heterocycles. The summed E-state index contributed by atoms with van der Waals surface area (Å²) in [7, 11) is 0. The summed E-state index contributed by atoms with van der Waals surface area (Å²) >= 11 is 2.91. The number of carbonyl (C=O) groups is 1. The Hall–Kier alpha value is -3.50. The molecule has 3 heterocycles. The summed E-state index contributed by atoms with van der Waals surface area (Å²) in [5.74, 6) is 2.86. The van der Waals surface area contributed by atoms with Gasteiger partial charge in [-0.05, 0) is 54.8 Å². The van der Waals surface area contributed by atoms with Crippen molar-refractivity contribution in [1.82, 2.24) is 14.8 Å². The predicted molar refractivity (Wildman–Crippen MR) is 133 cm³/mol. The number of fused-ring (bicyclic) bond motifs is 1. The minimum absolute atomic E-state index is 0.152. The molecule has 174 valence electrons. The van der Waals surface area contributed by atoms with E-state index >= 15 is 0 Å². The molecular weight excluding hydrogens is 472 g/mol. The Labute approximate surface area is 204 Å². The zero-order valence-corrected chi connectivity index (χ0v) is 20.0. The first-order chi connectivity index (χ1) is 16.7. The van der Waals surface area contributed by atoms with E-state index in [4.69, 9.17) is 14.2 Å². The molecule has 0 spiro atoms. The molecule has 1 aliphatic rings. The zero-order chi connectivity index (χ0) is 23.3. The molecule has 5 rings (SSSR count). The van der Waals surface area contributed by atoms with Crippen LogP contribution < -0.4 is 19.5 Å². The lowest BCUT2D eigenvalue weighted by atomic mass is 10.2. The van der Waals surface area contributed by atoms with Gasteiger partial charge in [-0.25, -0.2) is 0 Å². The first-order valence-electron chi connectivity index (χ1n) is 10.8. The van der Waals surface area contributed by atoms with E-state index in [-0.39, 0.29) is 11.7 Å². The summed E-state index contributed by atoms with van der Waals surface area (Å²) in [5, 5.41) is 14.3. The Kier molecular flexibility index (Phi) is 6.68. The maximum atomic E-state index is 12.7. The second-order valence-electron chi connectivity index (χ2n) is 7.24. The van der Waals surface area contributed by atoms with E-state index in [0.29, 0.717) is 42.2 Å². The molecule has 0 saturated carbocycles. The number of anilines is 1. The molecule has 1 N–H and O–H groups in total. The highest BCUT2D eigenvalue weighted by molar-refractivity contribution is 7.99. The highest BCUT2D eigenvalue weighted by Crippen LogP contribution is 2.33. The van der Waals surface area contributed by atoms with Gasteiger partial charge >= 0.3 is 0 Å². The Morgan fingerprint density at radius 1 is 1.12 bits per heavy atom. The Balaban J connectivity index is 1.34. The number of nitrogens with zero attached hydrogens (tertiary/aromatic N) is 3. The summed E-state index contributed by atoms with van der Waals surface area (Å²) in [4.78, 5) is 13.7. The third-order valence-electron chi connectivity index (χ3n) is 4.94. The van der Waals surface area contributed by atoms with Crippen LogP contribution in [-0.2, 0) is 4.79 Å². The van der Waals surface area contributed by atoms with Gasteiger partial charge in [-0.15, -0.1) is 21.5 Å². The van der Waals surface area contributed by atoms with E-state index in [0.717, 1.165) is 22.1 Å². The van der Waals surface area contributed by atoms with Gasteiger partial charge in [0.05, 0.1) is 22.9 Å². The second kappa shape index (κ2) is 10.2. The van der Waals surface area contributed by atoms with Crippen molar-refractivity contribution in [3.8, 4) is 33.6 Å². The average Bonchev–Trinajstić information content (AvgIpc) is 3.53. The minimum atomic E-state index is -0.152. The zero-order valence-electron chi connectivity index (χ0n) is 18.4. The fourth-order valence-electron chi connectivity index (χ4n) is 3.47. The van der Waals surface area contributed by atoms with Crippen molar-refractivity contribution in [2.75, 3.05) is 30.9 Å². The SMILES string of the molecule is CCOc1ccc(-n2c(SCC(=O)Nc3ccc4c(c3)OCCO4)nnc2-c2cccs2)cc1. The van der Waals surface area contributed by atoms with Gasteiger partial charge < -0.3 is 19.5 Å². The quantitative estimate of drug-likeness (QED) is 0.349. The minimum Gasteiger partial charge on any atom is -0.494 e. The lowest BCUT2D eigenvalue weighted by Crippen LogP contribution is -2.17. The molecular formula is C24H22N4O4S2. The van der Waals surface area contributed by atoms with Crippen LogP contribution in [0.2, 0.25) is 0 Å². The summed E-state index contributed by atoms with van der Waals surface area (Å²) in [6.07, 6.45) is 0. The molecule has 0 bridgehead atoms. The highest BCUT2D eigenvalue weighted by atomic mass is 32.2. The van der Waals surface area contributed by atoms with Gasteiger partial charge in [0, 0.05) is 11.8 Å². The van der Waals surface area contributed by atoms with Gasteiger partial charge in [-0.1, -0.05) is 17.8 Å². The molecule has 0 atom stereocenters. The largest absolute Gasteiger partial charge is 0.494 e. The molecule has 2 aromatic heterocycles. The topological polar surface area (TPSA) is 87.5 Å². The van der Waals surface area contributed by atoms with Crippen LogP contribution >= 0.6 is 23.1 Å². The summed E-state index contributed by atoms with van der Waals surface area (Å²) < 4.78 is 18.7. The number of hydrogen-bond acceptors (Lipinski definition) is 8. The lowest BCUT2D eigenvalue weighted by molar-refractivity contribution is -0.113. The fourth-order valence-corrected chi connectivity index (χ4v) is 4.92. The third-order valence-corrected chi connectivity index (χ3v) is 6.73. The second-order valence-corrected chi connectivity index (χ2v) is 9.13. The van der Waals surface area contributed by atoms with Gasteiger partial charge in [0.25, 0.3) is 0 Å². The standard InChI is InChI=1S/C24H22N4O4S2/c1-2-30-18-8-6-17(7-9-18)28-23(21-4-3-13-33-21)26-27-24(28)34-15-22(29)25-16-5-10-19-20(14-16)32-12-11-31-19/h3-10,13-14H,2,11-12,15H2,1H3,(H,25,29). The summed E-state index contributed by atoms with van der Waals surface area (Å²) in [6.45, 7) is 3.57. The number of carbonyl (C=O) groups excluding carboxylic acids is 1. The van der Waals surface area contributed by atoms with Crippen molar-refractivity contribution >= 4 is 34.7 Å². The Morgan fingerprint density at radius 3 is 2.71 bits per heavy atom. The molecule has 4 aromatic rings. The number of rotatable bonds is 8. The summed E-state index contributed by atoms with van der Waals surface area (Å²) in [6, 6.07) is 17.1. The first-order valence-corrected chi connectivity index (χ1v) is 12.6. The van der Waals surface area contributed by atoms with E-state index in [1.807, 2.05) is 53.3 Å². The lowest BCUT2D eigenvalue weighted by Gasteiger charge is -2.19. The molecule has 2 aromatic carbocycles. The number of thiophene rings is 1. The third kappa shape index (κ3) is 4.87. The Morgan fingerprint density at radius 2 is 1.94 bits per heavy atom. The number of nitrogens with one attached hydrogen (secondary N) is 1. The maximum absolute atomic E-state index is 12.7. The monoisotopic (exact) mass is 494 g/mol. The number of aromatic nitrogens is 3. The van der Waals surface area contributed by atoms with Crippen LogP contribution in [0.3, 0.4) is 0 Å². The van der Waals surface area contributed by atoms with E-state index in [1.165, 1.54) is 11.8 Å². The maximum Gasteiger partial charge on any atom is 0.234 e. The number of ether oxygens (including phenoxy) is 3. The van der Waals surface area contributed by atoms with E-state index in [2.05, 4.69) is 15.5 Å². The predicted octanol–water partition coefficient (Wildman–Crippen LogP) is 4.90. The van der Waals surface area contributed by atoms with Crippen LogP contribution in [0.4, 0.5) is 5.69 Å². The van der Waals surface area contributed by atoms with E-state index in [1.54, 1.807) is 29.5 Å².